The summed E-state index contributed by atoms with van der Waals surface area (Å²) < 4.78 is 5.26. The summed E-state index contributed by atoms with van der Waals surface area (Å²) in [6.07, 6.45) is 6.46. The van der Waals surface area contributed by atoms with Crippen molar-refractivity contribution in [1.82, 2.24) is 9.80 Å². The van der Waals surface area contributed by atoms with Gasteiger partial charge < -0.3 is 20.0 Å². The van der Waals surface area contributed by atoms with Crippen LogP contribution in [0, 0.1) is 5.92 Å². The quantitative estimate of drug-likeness (QED) is 0.917. The molecule has 2 aliphatic rings. The summed E-state index contributed by atoms with van der Waals surface area (Å²) in [5, 5.41) is 0. The first-order valence-corrected chi connectivity index (χ1v) is 8.05. The fourth-order valence-electron chi connectivity index (χ4n) is 3.43. The highest BCUT2D eigenvalue weighted by Gasteiger charge is 2.26. The SMILES string of the molecule is NCc1cc(C(=O)N2CCC(CN3CCCC3)CC2)co1. The highest BCUT2D eigenvalue weighted by atomic mass is 16.3. The zero-order valence-electron chi connectivity index (χ0n) is 12.6. The van der Waals surface area contributed by atoms with Crippen LogP contribution in [0.5, 0.6) is 0 Å². The molecule has 21 heavy (non-hydrogen) atoms. The van der Waals surface area contributed by atoms with Gasteiger partial charge in [-0.1, -0.05) is 0 Å². The van der Waals surface area contributed by atoms with Crippen LogP contribution >= 0.6 is 0 Å². The molecule has 0 radical (unpaired) electrons. The molecule has 116 valence electrons. The van der Waals surface area contributed by atoms with Crippen LogP contribution < -0.4 is 5.73 Å². The minimum absolute atomic E-state index is 0.0815. The smallest absolute Gasteiger partial charge is 0.257 e. The van der Waals surface area contributed by atoms with Gasteiger partial charge in [-0.3, -0.25) is 4.79 Å². The third-order valence-corrected chi connectivity index (χ3v) is 4.72. The molecule has 1 amide bonds. The standard InChI is InChI=1S/C16H25N3O2/c17-10-15-9-14(12-21-15)16(20)19-7-3-13(4-8-19)11-18-5-1-2-6-18/h9,12-13H,1-8,10-11,17H2. The summed E-state index contributed by atoms with van der Waals surface area (Å²) in [5.74, 6) is 1.50. The van der Waals surface area contributed by atoms with Gasteiger partial charge in [0.05, 0.1) is 12.1 Å². The van der Waals surface area contributed by atoms with Crippen molar-refractivity contribution in [2.24, 2.45) is 11.7 Å². The fraction of sp³-hybridized carbons (Fsp3) is 0.688. The van der Waals surface area contributed by atoms with Gasteiger partial charge in [0.25, 0.3) is 5.91 Å². The molecule has 2 N–H and O–H groups in total. The van der Waals surface area contributed by atoms with E-state index >= 15 is 0 Å². The average molecular weight is 291 g/mol. The Kier molecular flexibility index (Phi) is 4.60. The van der Waals surface area contributed by atoms with E-state index in [9.17, 15) is 4.79 Å². The molecule has 0 saturated carbocycles. The number of nitrogens with two attached hydrogens (primary N) is 1. The molecule has 2 fully saturated rings. The number of amides is 1. The Labute approximate surface area is 126 Å². The lowest BCUT2D eigenvalue weighted by atomic mass is 9.96. The monoisotopic (exact) mass is 291 g/mol. The molecule has 3 rings (SSSR count). The second-order valence-electron chi connectivity index (χ2n) is 6.25. The Balaban J connectivity index is 1.49. The molecule has 1 aromatic rings. The molecule has 0 unspecified atom stereocenters. The van der Waals surface area contributed by atoms with Crippen LogP contribution in [0.4, 0.5) is 0 Å². The van der Waals surface area contributed by atoms with Crippen LogP contribution in [-0.2, 0) is 6.54 Å². The maximum absolute atomic E-state index is 12.4. The van der Waals surface area contributed by atoms with Gasteiger partial charge in [0.15, 0.2) is 0 Å². The number of likely N-dealkylation sites (tertiary alicyclic amines) is 2. The van der Waals surface area contributed by atoms with Gasteiger partial charge in [0, 0.05) is 19.6 Å². The Morgan fingerprint density at radius 2 is 1.95 bits per heavy atom. The second-order valence-corrected chi connectivity index (χ2v) is 6.25. The molecular weight excluding hydrogens is 266 g/mol. The number of hydrogen-bond acceptors (Lipinski definition) is 4. The number of carbonyl (C=O) groups excluding carboxylic acids is 1. The molecule has 2 aliphatic heterocycles. The lowest BCUT2D eigenvalue weighted by Gasteiger charge is -2.33. The van der Waals surface area contributed by atoms with Crippen molar-refractivity contribution in [3.8, 4) is 0 Å². The van der Waals surface area contributed by atoms with E-state index in [-0.39, 0.29) is 5.91 Å². The van der Waals surface area contributed by atoms with Crippen molar-refractivity contribution in [1.29, 1.82) is 0 Å². The molecular formula is C16H25N3O2. The number of rotatable bonds is 4. The van der Waals surface area contributed by atoms with Gasteiger partial charge in [-0.25, -0.2) is 0 Å². The van der Waals surface area contributed by atoms with Crippen LogP contribution in [0.3, 0.4) is 0 Å². The number of piperidine rings is 1. The molecule has 0 aromatic carbocycles. The van der Waals surface area contributed by atoms with Crippen molar-refractivity contribution in [3.63, 3.8) is 0 Å². The number of nitrogens with zero attached hydrogens (tertiary/aromatic N) is 2. The third kappa shape index (κ3) is 3.47. The van der Waals surface area contributed by atoms with Crippen molar-refractivity contribution in [3.05, 3.63) is 23.7 Å². The maximum atomic E-state index is 12.4. The van der Waals surface area contributed by atoms with Crippen LogP contribution in [0.2, 0.25) is 0 Å². The summed E-state index contributed by atoms with van der Waals surface area (Å²) >= 11 is 0. The second kappa shape index (κ2) is 6.62. The molecule has 5 nitrogen and oxygen atoms in total. The first-order valence-electron chi connectivity index (χ1n) is 8.05. The van der Waals surface area contributed by atoms with Crippen molar-refractivity contribution < 1.29 is 9.21 Å². The molecule has 0 bridgehead atoms. The third-order valence-electron chi connectivity index (χ3n) is 4.72. The van der Waals surface area contributed by atoms with E-state index in [4.69, 9.17) is 10.2 Å². The molecule has 2 saturated heterocycles. The molecule has 0 spiro atoms. The van der Waals surface area contributed by atoms with Gasteiger partial charge in [0.1, 0.15) is 12.0 Å². The van der Waals surface area contributed by atoms with Crippen molar-refractivity contribution in [2.45, 2.75) is 32.2 Å². The number of carbonyl (C=O) groups is 1. The Morgan fingerprint density at radius 3 is 2.57 bits per heavy atom. The van der Waals surface area contributed by atoms with E-state index in [0.717, 1.165) is 31.8 Å². The first-order chi connectivity index (χ1) is 10.3. The van der Waals surface area contributed by atoms with Crippen LogP contribution in [0.25, 0.3) is 0 Å². The summed E-state index contributed by atoms with van der Waals surface area (Å²) in [4.78, 5) is 16.9. The molecule has 0 atom stereocenters. The van der Waals surface area contributed by atoms with Crippen molar-refractivity contribution in [2.75, 3.05) is 32.7 Å². The van der Waals surface area contributed by atoms with Crippen LogP contribution in [0.1, 0.15) is 41.8 Å². The lowest BCUT2D eigenvalue weighted by Crippen LogP contribution is -2.41. The zero-order valence-corrected chi connectivity index (χ0v) is 12.6. The number of hydrogen-bond donors (Lipinski definition) is 1. The van der Waals surface area contributed by atoms with Gasteiger partial charge in [-0.05, 0) is 50.8 Å². The van der Waals surface area contributed by atoms with Gasteiger partial charge in [-0.2, -0.15) is 0 Å². The minimum Gasteiger partial charge on any atom is -0.467 e. The predicted octanol–water partition coefficient (Wildman–Crippen LogP) is 1.69. The highest BCUT2D eigenvalue weighted by Crippen LogP contribution is 2.22. The zero-order chi connectivity index (χ0) is 14.7. The van der Waals surface area contributed by atoms with Crippen LogP contribution in [-0.4, -0.2) is 48.4 Å². The Bertz CT molecular complexity index is 472. The van der Waals surface area contributed by atoms with Gasteiger partial charge >= 0.3 is 0 Å². The van der Waals surface area contributed by atoms with E-state index in [1.807, 2.05) is 4.90 Å². The molecule has 1 aromatic heterocycles. The van der Waals surface area contributed by atoms with E-state index < -0.39 is 0 Å². The first kappa shape index (κ1) is 14.6. The van der Waals surface area contributed by atoms with Crippen LogP contribution in [0.15, 0.2) is 16.7 Å². The minimum atomic E-state index is 0.0815. The van der Waals surface area contributed by atoms with Crippen molar-refractivity contribution >= 4 is 5.91 Å². The molecule has 0 aliphatic carbocycles. The summed E-state index contributed by atoms with van der Waals surface area (Å²) in [6.45, 7) is 5.79. The topological polar surface area (TPSA) is 62.7 Å². The average Bonchev–Trinajstić information content (AvgIpc) is 3.18. The van der Waals surface area contributed by atoms with E-state index in [2.05, 4.69) is 4.90 Å². The Hall–Kier alpha value is -1.33. The van der Waals surface area contributed by atoms with Gasteiger partial charge in [0.2, 0.25) is 0 Å². The lowest BCUT2D eigenvalue weighted by molar-refractivity contribution is 0.0672. The Morgan fingerprint density at radius 1 is 1.24 bits per heavy atom. The van der Waals surface area contributed by atoms with E-state index in [1.165, 1.54) is 38.7 Å². The largest absolute Gasteiger partial charge is 0.467 e. The maximum Gasteiger partial charge on any atom is 0.257 e. The predicted molar refractivity (Wildman–Crippen MR) is 80.9 cm³/mol. The summed E-state index contributed by atoms with van der Waals surface area (Å²) in [7, 11) is 0. The number of furan rings is 1. The van der Waals surface area contributed by atoms with E-state index in [1.54, 1.807) is 6.07 Å². The summed E-state index contributed by atoms with van der Waals surface area (Å²) in [5.41, 5.74) is 6.15. The van der Waals surface area contributed by atoms with E-state index in [0.29, 0.717) is 17.9 Å². The molecule has 3 heterocycles. The summed E-state index contributed by atoms with van der Waals surface area (Å²) in [6, 6.07) is 1.76. The molecule has 5 heteroatoms. The van der Waals surface area contributed by atoms with Gasteiger partial charge in [-0.15, -0.1) is 0 Å². The normalized spacial score (nSPS) is 21.1. The highest BCUT2D eigenvalue weighted by molar-refractivity contribution is 5.94. The fourth-order valence-corrected chi connectivity index (χ4v) is 3.43.